The molecule has 4 aromatic carbocycles. The van der Waals surface area contributed by atoms with Gasteiger partial charge in [-0.05, 0) is 36.4 Å². The number of fused-ring (bicyclic) bond motifs is 1. The fourth-order valence-corrected chi connectivity index (χ4v) is 5.36. The van der Waals surface area contributed by atoms with Gasteiger partial charge in [0.05, 0.1) is 17.1 Å². The molecule has 35 heavy (non-hydrogen) atoms. The van der Waals surface area contributed by atoms with Crippen LogP contribution >= 0.6 is 0 Å². The lowest BCUT2D eigenvalue weighted by atomic mass is 10.1. The van der Waals surface area contributed by atoms with Gasteiger partial charge in [-0.2, -0.15) is 32.2 Å². The number of aromatic hydroxyl groups is 1. The number of azo groups is 2. The molecule has 0 radical (unpaired) electrons. The molecule has 0 amide bonds. The molecule has 0 aliphatic rings. The average Bonchev–Trinajstić information content (AvgIpc) is 2.81. The minimum atomic E-state index is -5.29. The molecule has 0 atom stereocenters. The molecule has 0 saturated carbocycles. The normalized spacial score (nSPS) is 12.6. The maximum atomic E-state index is 11.9. The van der Waals surface area contributed by atoms with Crippen LogP contribution in [0.1, 0.15) is 0 Å². The predicted octanol–water partition coefficient (Wildman–Crippen LogP) is 5.87. The van der Waals surface area contributed by atoms with Crippen molar-refractivity contribution >= 4 is 53.8 Å². The minimum Gasteiger partial charge on any atom is -0.504 e. The zero-order valence-electron chi connectivity index (χ0n) is 17.6. The summed E-state index contributed by atoms with van der Waals surface area (Å²) in [4.78, 5) is -2.57. The number of phenolic OH excluding ortho intramolecular Hbond substituents is 1. The van der Waals surface area contributed by atoms with Gasteiger partial charge in [-0.15, -0.1) is 5.11 Å². The Labute approximate surface area is 199 Å². The first-order valence-corrected chi connectivity index (χ1v) is 12.6. The molecule has 0 fully saturated rings. The quantitative estimate of drug-likeness (QED) is 0.213. The monoisotopic (exact) mass is 512 g/mol. The molecule has 0 aliphatic carbocycles. The molecule has 3 N–H and O–H groups in total. The summed E-state index contributed by atoms with van der Waals surface area (Å²) in [5, 5.41) is 26.3. The summed E-state index contributed by atoms with van der Waals surface area (Å²) in [7, 11) is -10.5. The molecule has 178 valence electrons. The van der Waals surface area contributed by atoms with Crippen LogP contribution < -0.4 is 0 Å². The highest BCUT2D eigenvalue weighted by Crippen LogP contribution is 2.45. The van der Waals surface area contributed by atoms with Crippen LogP contribution in [0.4, 0.5) is 22.7 Å². The van der Waals surface area contributed by atoms with E-state index < -0.39 is 41.5 Å². The molecular formula is C22H16N4O7S2. The van der Waals surface area contributed by atoms with Crippen molar-refractivity contribution in [3.63, 3.8) is 0 Å². The Bertz CT molecular complexity index is 1690. The van der Waals surface area contributed by atoms with Crippen molar-refractivity contribution in [3.05, 3.63) is 78.9 Å². The van der Waals surface area contributed by atoms with Gasteiger partial charge < -0.3 is 5.11 Å². The number of benzene rings is 4. The second kappa shape index (κ2) is 9.31. The van der Waals surface area contributed by atoms with Gasteiger partial charge in [0, 0.05) is 10.8 Å². The Hall–Kier alpha value is -4.04. The largest absolute Gasteiger partial charge is 0.504 e. The van der Waals surface area contributed by atoms with E-state index >= 15 is 0 Å². The van der Waals surface area contributed by atoms with Gasteiger partial charge in [-0.25, -0.2) is 0 Å². The predicted molar refractivity (Wildman–Crippen MR) is 126 cm³/mol. The van der Waals surface area contributed by atoms with E-state index in [1.807, 2.05) is 18.2 Å². The van der Waals surface area contributed by atoms with E-state index in [-0.39, 0.29) is 10.8 Å². The van der Waals surface area contributed by atoms with Gasteiger partial charge in [0.2, 0.25) is 0 Å². The van der Waals surface area contributed by atoms with E-state index in [9.17, 15) is 31.0 Å². The van der Waals surface area contributed by atoms with Crippen molar-refractivity contribution in [2.45, 2.75) is 9.79 Å². The Morgan fingerprint density at radius 1 is 0.514 bits per heavy atom. The smallest absolute Gasteiger partial charge is 0.299 e. The Morgan fingerprint density at radius 3 is 1.46 bits per heavy atom. The molecular weight excluding hydrogens is 496 g/mol. The lowest BCUT2D eigenvalue weighted by Gasteiger charge is -2.13. The van der Waals surface area contributed by atoms with Crippen LogP contribution in [-0.4, -0.2) is 31.0 Å². The minimum absolute atomic E-state index is 0.0259. The SMILES string of the molecule is O=S(=O)(O)c1c(O)c(N=Nc2ccc(N=Nc3ccccc3)cc2)c2ccccc2c1S(=O)(=O)O. The molecule has 0 bridgehead atoms. The Morgan fingerprint density at radius 2 is 0.943 bits per heavy atom. The third kappa shape index (κ3) is 5.22. The van der Waals surface area contributed by atoms with Crippen molar-refractivity contribution in [2.75, 3.05) is 0 Å². The van der Waals surface area contributed by atoms with Crippen LogP contribution in [0.25, 0.3) is 10.8 Å². The van der Waals surface area contributed by atoms with E-state index in [1.165, 1.54) is 24.3 Å². The van der Waals surface area contributed by atoms with E-state index in [2.05, 4.69) is 20.5 Å². The summed E-state index contributed by atoms with van der Waals surface area (Å²) in [5.74, 6) is -1.18. The lowest BCUT2D eigenvalue weighted by Crippen LogP contribution is -2.10. The molecule has 11 nitrogen and oxygen atoms in total. The van der Waals surface area contributed by atoms with Crippen molar-refractivity contribution in [1.29, 1.82) is 0 Å². The van der Waals surface area contributed by atoms with Crippen molar-refractivity contribution in [1.82, 2.24) is 0 Å². The molecule has 0 aliphatic heterocycles. The van der Waals surface area contributed by atoms with Gasteiger partial charge in [-0.3, -0.25) is 9.11 Å². The zero-order valence-corrected chi connectivity index (χ0v) is 19.2. The third-order valence-electron chi connectivity index (χ3n) is 4.74. The first-order chi connectivity index (χ1) is 16.6. The number of nitrogens with zero attached hydrogens (tertiary/aromatic N) is 4. The summed E-state index contributed by atoms with van der Waals surface area (Å²) in [6.07, 6.45) is 0. The molecule has 13 heteroatoms. The van der Waals surface area contributed by atoms with Crippen molar-refractivity contribution in [2.24, 2.45) is 20.5 Å². The van der Waals surface area contributed by atoms with Crippen LogP contribution in [0.15, 0.2) is 109 Å². The zero-order chi connectivity index (χ0) is 25.2. The second-order valence-corrected chi connectivity index (χ2v) is 9.82. The second-order valence-electron chi connectivity index (χ2n) is 7.10. The number of phenols is 1. The molecule has 0 saturated heterocycles. The summed E-state index contributed by atoms with van der Waals surface area (Å²) >= 11 is 0. The molecule has 0 heterocycles. The van der Waals surface area contributed by atoms with Gasteiger partial charge in [0.15, 0.2) is 10.6 Å². The summed E-state index contributed by atoms with van der Waals surface area (Å²) in [6.45, 7) is 0. The summed E-state index contributed by atoms with van der Waals surface area (Å²) < 4.78 is 66.9. The maximum absolute atomic E-state index is 11.9. The Balaban J connectivity index is 1.78. The number of rotatable bonds is 6. The third-order valence-corrected chi connectivity index (χ3v) is 6.72. The van der Waals surface area contributed by atoms with Crippen LogP contribution in [0.5, 0.6) is 5.75 Å². The fraction of sp³-hybridized carbons (Fsp3) is 0. The molecule has 4 aromatic rings. The fourth-order valence-electron chi connectivity index (χ4n) is 3.25. The molecule has 0 aromatic heterocycles. The Kier molecular flexibility index (Phi) is 6.41. The standard InChI is InChI=1S/C22H16N4O7S2/c27-20-19(17-8-4-5-9-18(17)21(34(28,29)30)22(20)35(31,32)33)26-25-16-12-10-15(11-13-16)24-23-14-6-2-1-3-7-14/h1-13,27H,(H,28,29,30)(H,31,32,33). The first-order valence-electron chi connectivity index (χ1n) is 9.77. The van der Waals surface area contributed by atoms with Crippen LogP contribution in [0.3, 0.4) is 0 Å². The average molecular weight is 513 g/mol. The highest BCUT2D eigenvalue weighted by Gasteiger charge is 2.33. The molecule has 0 spiro atoms. The van der Waals surface area contributed by atoms with Crippen LogP contribution in [0, 0.1) is 0 Å². The van der Waals surface area contributed by atoms with Crippen LogP contribution in [-0.2, 0) is 20.2 Å². The number of hydrogen-bond acceptors (Lipinski definition) is 9. The number of hydrogen-bond donors (Lipinski definition) is 3. The van der Waals surface area contributed by atoms with Crippen molar-refractivity contribution < 1.29 is 31.0 Å². The van der Waals surface area contributed by atoms with Crippen LogP contribution in [0.2, 0.25) is 0 Å². The topological polar surface area (TPSA) is 178 Å². The van der Waals surface area contributed by atoms with E-state index in [0.29, 0.717) is 17.1 Å². The highest BCUT2D eigenvalue weighted by atomic mass is 32.2. The molecule has 4 rings (SSSR count). The van der Waals surface area contributed by atoms with Gasteiger partial charge >= 0.3 is 0 Å². The van der Waals surface area contributed by atoms with Gasteiger partial charge in [0.25, 0.3) is 20.2 Å². The van der Waals surface area contributed by atoms with Gasteiger partial charge in [0.1, 0.15) is 10.6 Å². The van der Waals surface area contributed by atoms with E-state index in [1.54, 1.807) is 36.4 Å². The van der Waals surface area contributed by atoms with E-state index in [0.717, 1.165) is 0 Å². The first kappa shape index (κ1) is 24.1. The van der Waals surface area contributed by atoms with Gasteiger partial charge in [-0.1, -0.05) is 42.5 Å². The summed E-state index contributed by atoms with van der Waals surface area (Å²) in [5.41, 5.74) is 1.06. The maximum Gasteiger partial charge on any atom is 0.299 e. The lowest BCUT2D eigenvalue weighted by molar-refractivity contribution is 0.433. The van der Waals surface area contributed by atoms with E-state index in [4.69, 9.17) is 0 Å². The molecule has 0 unspecified atom stereocenters. The highest BCUT2D eigenvalue weighted by molar-refractivity contribution is 7.89. The van der Waals surface area contributed by atoms with Crippen molar-refractivity contribution in [3.8, 4) is 5.75 Å². The summed E-state index contributed by atoms with van der Waals surface area (Å²) in [6, 6.07) is 20.8.